The SMILES string of the molecule is Cl.NCCCCS(=O)(=O)CCO. The number of hydrogen-bond donors (Lipinski definition) is 2. The van der Waals surface area contributed by atoms with Crippen LogP contribution in [0.5, 0.6) is 0 Å². The summed E-state index contributed by atoms with van der Waals surface area (Å²) in [4.78, 5) is 0. The molecule has 76 valence electrons. The van der Waals surface area contributed by atoms with Crippen LogP contribution < -0.4 is 5.73 Å². The van der Waals surface area contributed by atoms with E-state index in [1.165, 1.54) is 0 Å². The monoisotopic (exact) mass is 217 g/mol. The number of hydrogen-bond acceptors (Lipinski definition) is 4. The molecule has 0 aliphatic rings. The Kier molecular flexibility index (Phi) is 9.53. The van der Waals surface area contributed by atoms with E-state index < -0.39 is 9.84 Å². The second-order valence-corrected chi connectivity index (χ2v) is 4.67. The molecule has 0 saturated carbocycles. The Morgan fingerprint density at radius 2 is 1.75 bits per heavy atom. The molecule has 6 heteroatoms. The van der Waals surface area contributed by atoms with Crippen LogP contribution in [-0.4, -0.2) is 38.2 Å². The van der Waals surface area contributed by atoms with Gasteiger partial charge >= 0.3 is 0 Å². The molecule has 0 heterocycles. The zero-order valence-corrected chi connectivity index (χ0v) is 8.53. The average Bonchev–Trinajstić information content (AvgIpc) is 1.87. The van der Waals surface area contributed by atoms with Crippen molar-refractivity contribution in [1.29, 1.82) is 0 Å². The first-order valence-corrected chi connectivity index (χ1v) is 5.46. The maximum atomic E-state index is 10.9. The highest BCUT2D eigenvalue weighted by molar-refractivity contribution is 7.91. The van der Waals surface area contributed by atoms with Crippen LogP contribution in [0.25, 0.3) is 0 Å². The van der Waals surface area contributed by atoms with Gasteiger partial charge in [0.25, 0.3) is 0 Å². The van der Waals surface area contributed by atoms with Gasteiger partial charge in [-0.2, -0.15) is 0 Å². The number of sulfone groups is 1. The number of nitrogens with two attached hydrogens (primary N) is 1. The minimum absolute atomic E-state index is 0. The van der Waals surface area contributed by atoms with Crippen LogP contribution in [0, 0.1) is 0 Å². The van der Waals surface area contributed by atoms with Crippen molar-refractivity contribution in [3.63, 3.8) is 0 Å². The number of unbranched alkanes of at least 4 members (excludes halogenated alkanes) is 1. The van der Waals surface area contributed by atoms with Crippen LogP contribution in [-0.2, 0) is 9.84 Å². The van der Waals surface area contributed by atoms with E-state index in [1.807, 2.05) is 0 Å². The fourth-order valence-corrected chi connectivity index (χ4v) is 1.83. The van der Waals surface area contributed by atoms with E-state index in [-0.39, 0.29) is 30.5 Å². The maximum Gasteiger partial charge on any atom is 0.152 e. The number of halogens is 1. The highest BCUT2D eigenvalue weighted by Crippen LogP contribution is 1.95. The minimum Gasteiger partial charge on any atom is -0.395 e. The van der Waals surface area contributed by atoms with Gasteiger partial charge in [-0.3, -0.25) is 0 Å². The first-order valence-electron chi connectivity index (χ1n) is 3.64. The van der Waals surface area contributed by atoms with Crippen LogP contribution >= 0.6 is 12.4 Å². The molecule has 0 aromatic carbocycles. The number of aliphatic hydroxyl groups excluding tert-OH is 1. The third-order valence-electron chi connectivity index (χ3n) is 1.31. The summed E-state index contributed by atoms with van der Waals surface area (Å²) in [5.74, 6) is 0.0162. The third-order valence-corrected chi connectivity index (χ3v) is 3.03. The molecule has 4 nitrogen and oxygen atoms in total. The smallest absolute Gasteiger partial charge is 0.152 e. The standard InChI is InChI=1S/C6H15NO3S.ClH/c7-3-1-2-5-11(9,10)6-4-8;/h8H,1-7H2;1H. The van der Waals surface area contributed by atoms with Crippen molar-refractivity contribution in [2.24, 2.45) is 5.73 Å². The zero-order valence-electron chi connectivity index (χ0n) is 6.90. The predicted octanol–water partition coefficient (Wildman–Crippen LogP) is -0.446. The third kappa shape index (κ3) is 8.26. The summed E-state index contributed by atoms with van der Waals surface area (Å²) >= 11 is 0. The Labute approximate surface area is 79.5 Å². The Hall–Kier alpha value is 0.160. The molecule has 0 unspecified atom stereocenters. The number of aliphatic hydroxyl groups is 1. The summed E-state index contributed by atoms with van der Waals surface area (Å²) in [6.45, 7) is 0.236. The Bertz CT molecular complexity index is 181. The van der Waals surface area contributed by atoms with Crippen LogP contribution in [0.15, 0.2) is 0 Å². The van der Waals surface area contributed by atoms with Gasteiger partial charge in [-0.05, 0) is 19.4 Å². The Balaban J connectivity index is 0. The molecule has 0 saturated heterocycles. The summed E-state index contributed by atoms with van der Waals surface area (Å²) < 4.78 is 21.8. The van der Waals surface area contributed by atoms with E-state index in [0.717, 1.165) is 6.42 Å². The van der Waals surface area contributed by atoms with Gasteiger partial charge in [-0.25, -0.2) is 8.42 Å². The van der Waals surface area contributed by atoms with Crippen LogP contribution in [0.1, 0.15) is 12.8 Å². The van der Waals surface area contributed by atoms with Crippen LogP contribution in [0.4, 0.5) is 0 Å². The summed E-state index contributed by atoms with van der Waals surface area (Å²) in [5.41, 5.74) is 5.19. The predicted molar refractivity (Wildman–Crippen MR) is 51.3 cm³/mol. The van der Waals surface area contributed by atoms with Gasteiger partial charge in [0.1, 0.15) is 0 Å². The van der Waals surface area contributed by atoms with Crippen molar-refractivity contribution < 1.29 is 13.5 Å². The zero-order chi connectivity index (χ0) is 8.74. The molecule has 0 aromatic rings. The van der Waals surface area contributed by atoms with E-state index in [2.05, 4.69) is 0 Å². The molecule has 0 atom stereocenters. The maximum absolute atomic E-state index is 10.9. The van der Waals surface area contributed by atoms with Gasteiger partial charge in [0, 0.05) is 0 Å². The molecule has 0 rings (SSSR count). The van der Waals surface area contributed by atoms with E-state index in [4.69, 9.17) is 10.8 Å². The van der Waals surface area contributed by atoms with Gasteiger partial charge in [-0.1, -0.05) is 0 Å². The Morgan fingerprint density at radius 1 is 1.17 bits per heavy atom. The van der Waals surface area contributed by atoms with Crippen molar-refractivity contribution in [3.8, 4) is 0 Å². The first-order chi connectivity index (χ1) is 5.12. The van der Waals surface area contributed by atoms with Crippen molar-refractivity contribution in [2.45, 2.75) is 12.8 Å². The summed E-state index contributed by atoms with van der Waals surface area (Å²) in [5, 5.41) is 8.35. The lowest BCUT2D eigenvalue weighted by Gasteiger charge is -1.99. The van der Waals surface area contributed by atoms with Crippen molar-refractivity contribution in [1.82, 2.24) is 0 Å². The molecule has 0 aliphatic carbocycles. The number of rotatable bonds is 6. The molecule has 0 amide bonds. The lowest BCUT2D eigenvalue weighted by atomic mass is 10.3. The molecule has 0 bridgehead atoms. The first kappa shape index (κ1) is 14.7. The van der Waals surface area contributed by atoms with Gasteiger partial charge in [0.2, 0.25) is 0 Å². The van der Waals surface area contributed by atoms with Gasteiger partial charge in [0.15, 0.2) is 9.84 Å². The molecular weight excluding hydrogens is 202 g/mol. The summed E-state index contributed by atoms with van der Waals surface area (Å²) in [7, 11) is -3.01. The van der Waals surface area contributed by atoms with Crippen molar-refractivity contribution in [3.05, 3.63) is 0 Å². The fourth-order valence-electron chi connectivity index (χ4n) is 0.707. The van der Waals surface area contributed by atoms with Gasteiger partial charge in [0.05, 0.1) is 18.1 Å². The molecular formula is C6H16ClNO3S. The largest absolute Gasteiger partial charge is 0.395 e. The molecule has 12 heavy (non-hydrogen) atoms. The fraction of sp³-hybridized carbons (Fsp3) is 1.00. The minimum atomic E-state index is -3.01. The van der Waals surface area contributed by atoms with E-state index in [9.17, 15) is 8.42 Å². The second kappa shape index (κ2) is 7.79. The van der Waals surface area contributed by atoms with Crippen molar-refractivity contribution in [2.75, 3.05) is 24.7 Å². The Morgan fingerprint density at radius 3 is 2.17 bits per heavy atom. The van der Waals surface area contributed by atoms with Gasteiger partial charge < -0.3 is 10.8 Å². The van der Waals surface area contributed by atoms with E-state index in [1.54, 1.807) is 0 Å². The topological polar surface area (TPSA) is 80.4 Å². The molecule has 0 spiro atoms. The summed E-state index contributed by atoms with van der Waals surface area (Å²) in [6, 6.07) is 0. The summed E-state index contributed by atoms with van der Waals surface area (Å²) in [6.07, 6.45) is 1.32. The molecule has 0 aliphatic heterocycles. The van der Waals surface area contributed by atoms with Gasteiger partial charge in [-0.15, -0.1) is 12.4 Å². The van der Waals surface area contributed by atoms with Crippen molar-refractivity contribution >= 4 is 22.2 Å². The van der Waals surface area contributed by atoms with Crippen LogP contribution in [0.2, 0.25) is 0 Å². The highest BCUT2D eigenvalue weighted by atomic mass is 35.5. The molecule has 0 aromatic heterocycles. The quantitative estimate of drug-likeness (QED) is 0.591. The highest BCUT2D eigenvalue weighted by Gasteiger charge is 2.07. The normalized spacial score (nSPS) is 10.8. The lowest BCUT2D eigenvalue weighted by Crippen LogP contribution is -2.14. The van der Waals surface area contributed by atoms with Crippen LogP contribution in [0.3, 0.4) is 0 Å². The average molecular weight is 218 g/mol. The van der Waals surface area contributed by atoms with E-state index in [0.29, 0.717) is 13.0 Å². The lowest BCUT2D eigenvalue weighted by molar-refractivity contribution is 0.319. The van der Waals surface area contributed by atoms with E-state index >= 15 is 0 Å². The molecule has 0 radical (unpaired) electrons. The molecule has 0 fully saturated rings. The second-order valence-electron chi connectivity index (χ2n) is 2.37. The molecule has 3 N–H and O–H groups in total.